The summed E-state index contributed by atoms with van der Waals surface area (Å²) in [7, 11) is 0. The Morgan fingerprint density at radius 2 is 1.47 bits per heavy atom. The first kappa shape index (κ1) is 13.8. The third-order valence-electron chi connectivity index (χ3n) is 4.07. The lowest BCUT2D eigenvalue weighted by Gasteiger charge is -2.27. The summed E-state index contributed by atoms with van der Waals surface area (Å²) in [4.78, 5) is 0. The van der Waals surface area contributed by atoms with Gasteiger partial charge < -0.3 is 5.73 Å². The van der Waals surface area contributed by atoms with Gasteiger partial charge in [-0.2, -0.15) is 0 Å². The van der Waals surface area contributed by atoms with Gasteiger partial charge in [-0.1, -0.05) is 49.4 Å². The molecule has 2 aromatic carbocycles. The SMILES string of the molecule is CCc1ccc(C(C)(N)c2ccc(C)c(C)c2)cc1. The maximum atomic E-state index is 6.57. The molecular formula is C18H23N. The van der Waals surface area contributed by atoms with Crippen molar-refractivity contribution in [1.82, 2.24) is 0 Å². The Bertz CT molecular complexity index is 565. The number of hydrogen-bond acceptors (Lipinski definition) is 1. The van der Waals surface area contributed by atoms with E-state index in [0.717, 1.165) is 12.0 Å². The molecule has 0 aliphatic carbocycles. The predicted molar refractivity (Wildman–Crippen MR) is 82.4 cm³/mol. The van der Waals surface area contributed by atoms with E-state index in [9.17, 15) is 0 Å². The van der Waals surface area contributed by atoms with Gasteiger partial charge in [0.1, 0.15) is 0 Å². The molecule has 0 amide bonds. The van der Waals surface area contributed by atoms with Gasteiger partial charge >= 0.3 is 0 Å². The van der Waals surface area contributed by atoms with Crippen molar-refractivity contribution in [2.75, 3.05) is 0 Å². The summed E-state index contributed by atoms with van der Waals surface area (Å²) in [6.07, 6.45) is 1.06. The molecule has 19 heavy (non-hydrogen) atoms. The second-order valence-electron chi connectivity index (χ2n) is 5.55. The number of benzene rings is 2. The largest absolute Gasteiger partial charge is 0.318 e. The van der Waals surface area contributed by atoms with Gasteiger partial charge in [0, 0.05) is 0 Å². The van der Waals surface area contributed by atoms with Crippen LogP contribution in [0.5, 0.6) is 0 Å². The van der Waals surface area contributed by atoms with Gasteiger partial charge in [-0.25, -0.2) is 0 Å². The molecule has 1 heteroatoms. The number of hydrogen-bond donors (Lipinski definition) is 1. The second-order valence-corrected chi connectivity index (χ2v) is 5.55. The van der Waals surface area contributed by atoms with Gasteiger partial charge in [0.15, 0.2) is 0 Å². The van der Waals surface area contributed by atoms with Crippen molar-refractivity contribution in [2.45, 2.75) is 39.7 Å². The standard InChI is InChI=1S/C18H23N/c1-5-15-7-10-16(11-8-15)18(4,19)17-9-6-13(2)14(3)12-17/h6-12H,5,19H2,1-4H3. The van der Waals surface area contributed by atoms with Crippen molar-refractivity contribution in [1.29, 1.82) is 0 Å². The molecule has 2 N–H and O–H groups in total. The van der Waals surface area contributed by atoms with Crippen LogP contribution < -0.4 is 5.73 Å². The second kappa shape index (κ2) is 5.18. The van der Waals surface area contributed by atoms with Crippen LogP contribution in [-0.4, -0.2) is 0 Å². The molecule has 0 heterocycles. The molecule has 0 fully saturated rings. The average molecular weight is 253 g/mol. The summed E-state index contributed by atoms with van der Waals surface area (Å²) in [5.74, 6) is 0. The van der Waals surface area contributed by atoms with Crippen molar-refractivity contribution in [3.8, 4) is 0 Å². The smallest absolute Gasteiger partial charge is 0.0637 e. The zero-order chi connectivity index (χ0) is 14.0. The zero-order valence-electron chi connectivity index (χ0n) is 12.3. The van der Waals surface area contributed by atoms with Crippen molar-refractivity contribution in [3.63, 3.8) is 0 Å². The van der Waals surface area contributed by atoms with E-state index >= 15 is 0 Å². The summed E-state index contributed by atoms with van der Waals surface area (Å²) in [5.41, 5.74) is 12.4. The Labute approximate surface area is 116 Å². The fourth-order valence-electron chi connectivity index (χ4n) is 2.32. The molecule has 0 aliphatic heterocycles. The summed E-state index contributed by atoms with van der Waals surface area (Å²) >= 11 is 0. The van der Waals surface area contributed by atoms with Crippen LogP contribution in [0, 0.1) is 13.8 Å². The maximum Gasteiger partial charge on any atom is 0.0637 e. The van der Waals surface area contributed by atoms with E-state index in [2.05, 4.69) is 70.2 Å². The van der Waals surface area contributed by atoms with Crippen molar-refractivity contribution in [2.24, 2.45) is 5.73 Å². The first-order chi connectivity index (χ1) is 8.95. The van der Waals surface area contributed by atoms with Gasteiger partial charge in [0.25, 0.3) is 0 Å². The quantitative estimate of drug-likeness (QED) is 0.876. The van der Waals surface area contributed by atoms with Crippen LogP contribution in [0.1, 0.15) is 41.7 Å². The molecule has 0 aromatic heterocycles. The first-order valence-corrected chi connectivity index (χ1v) is 6.91. The third-order valence-corrected chi connectivity index (χ3v) is 4.07. The van der Waals surface area contributed by atoms with Crippen LogP contribution in [-0.2, 0) is 12.0 Å². The molecule has 0 bridgehead atoms. The van der Waals surface area contributed by atoms with E-state index in [0.29, 0.717) is 0 Å². The number of nitrogens with two attached hydrogens (primary N) is 1. The molecule has 0 saturated carbocycles. The molecule has 0 saturated heterocycles. The molecule has 2 rings (SSSR count). The molecule has 1 atom stereocenters. The summed E-state index contributed by atoms with van der Waals surface area (Å²) in [6, 6.07) is 15.1. The van der Waals surface area contributed by atoms with E-state index in [-0.39, 0.29) is 0 Å². The van der Waals surface area contributed by atoms with Crippen LogP contribution >= 0.6 is 0 Å². The molecule has 1 unspecified atom stereocenters. The van der Waals surface area contributed by atoms with Gasteiger partial charge in [0.2, 0.25) is 0 Å². The lowest BCUT2D eigenvalue weighted by Crippen LogP contribution is -2.34. The van der Waals surface area contributed by atoms with Crippen molar-refractivity contribution in [3.05, 3.63) is 70.3 Å². The predicted octanol–water partition coefficient (Wildman–Crippen LogP) is 4.09. The molecule has 0 radical (unpaired) electrons. The van der Waals surface area contributed by atoms with Crippen LogP contribution in [0.3, 0.4) is 0 Å². The Morgan fingerprint density at radius 3 is 2.00 bits per heavy atom. The lowest BCUT2D eigenvalue weighted by molar-refractivity contribution is 0.602. The minimum absolute atomic E-state index is 0.440. The van der Waals surface area contributed by atoms with E-state index in [4.69, 9.17) is 5.73 Å². The molecule has 0 aliphatic rings. The van der Waals surface area contributed by atoms with Crippen molar-refractivity contribution >= 4 is 0 Å². The summed E-state index contributed by atoms with van der Waals surface area (Å²) in [5, 5.41) is 0. The maximum absolute atomic E-state index is 6.57. The number of aryl methyl sites for hydroxylation is 3. The van der Waals surface area contributed by atoms with Gasteiger partial charge in [-0.05, 0) is 55.0 Å². The van der Waals surface area contributed by atoms with Gasteiger partial charge in [-0.15, -0.1) is 0 Å². The monoisotopic (exact) mass is 253 g/mol. The van der Waals surface area contributed by atoms with E-state index in [1.54, 1.807) is 0 Å². The fraction of sp³-hybridized carbons (Fsp3) is 0.333. The van der Waals surface area contributed by atoms with Crippen LogP contribution in [0.2, 0.25) is 0 Å². The average Bonchev–Trinajstić information content (AvgIpc) is 2.41. The van der Waals surface area contributed by atoms with Gasteiger partial charge in [0.05, 0.1) is 5.54 Å². The summed E-state index contributed by atoms with van der Waals surface area (Å²) < 4.78 is 0. The molecule has 100 valence electrons. The highest BCUT2D eigenvalue weighted by atomic mass is 14.7. The molecular weight excluding hydrogens is 230 g/mol. The fourth-order valence-corrected chi connectivity index (χ4v) is 2.32. The Hall–Kier alpha value is -1.60. The van der Waals surface area contributed by atoms with Crippen LogP contribution in [0.15, 0.2) is 42.5 Å². The van der Waals surface area contributed by atoms with E-state index < -0.39 is 5.54 Å². The Kier molecular flexibility index (Phi) is 3.77. The first-order valence-electron chi connectivity index (χ1n) is 6.91. The van der Waals surface area contributed by atoms with Crippen LogP contribution in [0.4, 0.5) is 0 Å². The molecule has 2 aromatic rings. The highest BCUT2D eigenvalue weighted by molar-refractivity contribution is 5.41. The third kappa shape index (κ3) is 2.71. The minimum atomic E-state index is -0.440. The molecule has 1 nitrogen and oxygen atoms in total. The highest BCUT2D eigenvalue weighted by Crippen LogP contribution is 2.28. The normalized spacial score (nSPS) is 14.2. The molecule has 0 spiro atoms. The lowest BCUT2D eigenvalue weighted by atomic mass is 9.84. The van der Waals surface area contributed by atoms with Gasteiger partial charge in [-0.3, -0.25) is 0 Å². The highest BCUT2D eigenvalue weighted by Gasteiger charge is 2.23. The Balaban J connectivity index is 2.41. The Morgan fingerprint density at radius 1 is 0.895 bits per heavy atom. The minimum Gasteiger partial charge on any atom is -0.318 e. The van der Waals surface area contributed by atoms with E-state index in [1.165, 1.54) is 22.3 Å². The number of rotatable bonds is 3. The van der Waals surface area contributed by atoms with Crippen LogP contribution in [0.25, 0.3) is 0 Å². The summed E-state index contributed by atoms with van der Waals surface area (Å²) in [6.45, 7) is 8.51. The zero-order valence-corrected chi connectivity index (χ0v) is 12.3. The van der Waals surface area contributed by atoms with E-state index in [1.807, 2.05) is 0 Å². The van der Waals surface area contributed by atoms with Crippen molar-refractivity contribution < 1.29 is 0 Å². The topological polar surface area (TPSA) is 26.0 Å².